The Morgan fingerprint density at radius 2 is 1.29 bits per heavy atom. The van der Waals surface area contributed by atoms with Crippen LogP contribution in [0, 0.1) is 0 Å². The van der Waals surface area contributed by atoms with Crippen molar-refractivity contribution in [2.24, 2.45) is 10.2 Å². The molecule has 0 spiro atoms. The summed E-state index contributed by atoms with van der Waals surface area (Å²) in [6.07, 6.45) is 1.47. The van der Waals surface area contributed by atoms with Crippen LogP contribution in [0.3, 0.4) is 0 Å². The van der Waals surface area contributed by atoms with Gasteiger partial charge in [0.15, 0.2) is 0 Å². The molecule has 2 atom stereocenters. The Balaban J connectivity index is 3.94. The molecule has 0 aliphatic rings. The van der Waals surface area contributed by atoms with Crippen molar-refractivity contribution in [3.63, 3.8) is 0 Å². The molecule has 6 heteroatoms. The van der Waals surface area contributed by atoms with Crippen LogP contribution in [0.5, 0.6) is 0 Å². The summed E-state index contributed by atoms with van der Waals surface area (Å²) in [7, 11) is 0. The van der Waals surface area contributed by atoms with Crippen LogP contribution in [-0.2, 0) is 9.78 Å². The predicted octanol–water partition coefficient (Wildman–Crippen LogP) is 1.98. The van der Waals surface area contributed by atoms with Crippen molar-refractivity contribution in [3.05, 3.63) is 0 Å². The molecule has 84 valence electrons. The normalized spacial score (nSPS) is 16.0. The van der Waals surface area contributed by atoms with Crippen molar-refractivity contribution >= 4 is 0 Å². The second-order valence-electron chi connectivity index (χ2n) is 2.95. The fraction of sp³-hybridized carbons (Fsp3) is 1.00. The summed E-state index contributed by atoms with van der Waals surface area (Å²) in [5.41, 5.74) is 0. The van der Waals surface area contributed by atoms with E-state index in [4.69, 9.17) is 10.5 Å². The fourth-order valence-electron chi connectivity index (χ4n) is 0.826. The lowest BCUT2D eigenvalue weighted by Crippen LogP contribution is -2.14. The van der Waals surface area contributed by atoms with E-state index in [-0.39, 0.29) is 25.3 Å². The first-order chi connectivity index (χ1) is 6.78. The van der Waals surface area contributed by atoms with Crippen molar-refractivity contribution in [2.75, 3.05) is 13.2 Å². The smallest absolute Gasteiger partial charge is 0.106 e. The highest BCUT2D eigenvalue weighted by atomic mass is 17.1. The second-order valence-corrected chi connectivity index (χ2v) is 2.95. The van der Waals surface area contributed by atoms with Gasteiger partial charge in [-0.15, -0.1) is 0 Å². The topological polar surface area (TPSA) is 83.6 Å². The maximum Gasteiger partial charge on any atom is 0.106 e. The van der Waals surface area contributed by atoms with Crippen molar-refractivity contribution in [1.82, 2.24) is 0 Å². The molecule has 14 heavy (non-hydrogen) atoms. The fourth-order valence-corrected chi connectivity index (χ4v) is 0.826. The molecule has 0 saturated carbocycles. The molecule has 0 amide bonds. The Labute approximate surface area is 83.4 Å². The second kappa shape index (κ2) is 9.01. The summed E-state index contributed by atoms with van der Waals surface area (Å²) in [6.45, 7) is 4.12. The van der Waals surface area contributed by atoms with E-state index in [0.29, 0.717) is 0 Å². The van der Waals surface area contributed by atoms with Gasteiger partial charge in [0.05, 0.1) is 12.1 Å². The summed E-state index contributed by atoms with van der Waals surface area (Å²) in [6, 6.07) is -0.291. The van der Waals surface area contributed by atoms with Gasteiger partial charge < -0.3 is 0 Å². The molecule has 0 aromatic heterocycles. The summed E-state index contributed by atoms with van der Waals surface area (Å²) in [5, 5.41) is 24.4. The number of rotatable bonds is 8. The average Bonchev–Trinajstić information content (AvgIpc) is 2.22. The van der Waals surface area contributed by atoms with Crippen molar-refractivity contribution in [1.29, 1.82) is 0 Å². The molecule has 2 unspecified atom stereocenters. The zero-order valence-electron chi connectivity index (χ0n) is 8.59. The first-order valence-electron chi connectivity index (χ1n) is 4.71. The third-order valence-electron chi connectivity index (χ3n) is 1.87. The number of hydrogen-bond donors (Lipinski definition) is 2. The standard InChI is InChI=1S/C8H18N2O4/c1-3-7(5-13-11)9-10-8(4-2)6-14-12/h7-8,11-12H,3-6H2,1-2H3. The van der Waals surface area contributed by atoms with Crippen molar-refractivity contribution in [2.45, 2.75) is 38.8 Å². The van der Waals surface area contributed by atoms with Crippen LogP contribution in [0.4, 0.5) is 0 Å². The summed E-state index contributed by atoms with van der Waals surface area (Å²) in [4.78, 5) is 7.97. The zero-order chi connectivity index (χ0) is 10.8. The maximum atomic E-state index is 8.23. The first-order valence-corrected chi connectivity index (χ1v) is 4.71. The highest BCUT2D eigenvalue weighted by Crippen LogP contribution is 2.04. The minimum absolute atomic E-state index is 0.135. The Hall–Kier alpha value is -0.560. The molecule has 0 rings (SSSR count). The highest BCUT2D eigenvalue weighted by Gasteiger charge is 2.07. The van der Waals surface area contributed by atoms with Gasteiger partial charge in [0, 0.05) is 0 Å². The van der Waals surface area contributed by atoms with Crippen LogP contribution in [0.25, 0.3) is 0 Å². The molecule has 0 aliphatic carbocycles. The molecule has 0 aromatic rings. The molecule has 0 bridgehead atoms. The first kappa shape index (κ1) is 13.4. The van der Waals surface area contributed by atoms with E-state index >= 15 is 0 Å². The third-order valence-corrected chi connectivity index (χ3v) is 1.87. The van der Waals surface area contributed by atoms with Crippen molar-refractivity contribution in [3.8, 4) is 0 Å². The largest absolute Gasteiger partial charge is 0.252 e. The van der Waals surface area contributed by atoms with Crippen LogP contribution in [0.1, 0.15) is 26.7 Å². The SMILES string of the molecule is CCC(COO)N=NC(CC)COO. The van der Waals surface area contributed by atoms with Crippen LogP contribution in [0.2, 0.25) is 0 Å². The minimum atomic E-state index is -0.146. The van der Waals surface area contributed by atoms with E-state index in [9.17, 15) is 0 Å². The molecule has 0 radical (unpaired) electrons. The molecule has 0 aromatic carbocycles. The van der Waals surface area contributed by atoms with Gasteiger partial charge in [0.1, 0.15) is 13.2 Å². The molecule has 6 nitrogen and oxygen atoms in total. The van der Waals surface area contributed by atoms with E-state index in [1.54, 1.807) is 0 Å². The van der Waals surface area contributed by atoms with Crippen LogP contribution in [-0.4, -0.2) is 35.8 Å². The Morgan fingerprint density at radius 1 is 0.929 bits per heavy atom. The van der Waals surface area contributed by atoms with E-state index in [0.717, 1.165) is 12.8 Å². The number of azo groups is 1. The number of hydrogen-bond acceptors (Lipinski definition) is 6. The van der Waals surface area contributed by atoms with Gasteiger partial charge in [0.25, 0.3) is 0 Å². The summed E-state index contributed by atoms with van der Waals surface area (Å²) >= 11 is 0. The lowest BCUT2D eigenvalue weighted by Gasteiger charge is -2.08. The van der Waals surface area contributed by atoms with Gasteiger partial charge in [-0.05, 0) is 12.8 Å². The molecule has 2 N–H and O–H groups in total. The summed E-state index contributed by atoms with van der Waals surface area (Å²) < 4.78 is 0. The highest BCUT2D eigenvalue weighted by molar-refractivity contribution is 4.64. The lowest BCUT2D eigenvalue weighted by atomic mass is 10.2. The number of nitrogens with zero attached hydrogens (tertiary/aromatic N) is 2. The average molecular weight is 206 g/mol. The molecular formula is C8H18N2O4. The van der Waals surface area contributed by atoms with E-state index in [1.807, 2.05) is 13.8 Å². The Bertz CT molecular complexity index is 138. The van der Waals surface area contributed by atoms with Crippen LogP contribution in [0.15, 0.2) is 10.2 Å². The zero-order valence-corrected chi connectivity index (χ0v) is 8.59. The monoisotopic (exact) mass is 206 g/mol. The molecule has 0 fully saturated rings. The van der Waals surface area contributed by atoms with Gasteiger partial charge in [-0.2, -0.15) is 10.2 Å². The molecule has 0 saturated heterocycles. The van der Waals surface area contributed by atoms with E-state index < -0.39 is 0 Å². The van der Waals surface area contributed by atoms with Gasteiger partial charge in [-0.1, -0.05) is 13.8 Å². The van der Waals surface area contributed by atoms with Gasteiger partial charge in [-0.25, -0.2) is 9.78 Å². The molecule has 0 heterocycles. The van der Waals surface area contributed by atoms with Crippen molar-refractivity contribution < 1.29 is 20.3 Å². The lowest BCUT2D eigenvalue weighted by molar-refractivity contribution is -0.247. The molecule has 0 aliphatic heterocycles. The molecular weight excluding hydrogens is 188 g/mol. The van der Waals surface area contributed by atoms with Gasteiger partial charge in [0.2, 0.25) is 0 Å². The van der Waals surface area contributed by atoms with E-state index in [1.165, 1.54) is 0 Å². The van der Waals surface area contributed by atoms with Gasteiger partial charge >= 0.3 is 0 Å². The third kappa shape index (κ3) is 5.98. The predicted molar refractivity (Wildman–Crippen MR) is 50.2 cm³/mol. The Morgan fingerprint density at radius 3 is 1.50 bits per heavy atom. The van der Waals surface area contributed by atoms with Crippen LogP contribution < -0.4 is 0 Å². The van der Waals surface area contributed by atoms with E-state index in [2.05, 4.69) is 20.0 Å². The van der Waals surface area contributed by atoms with Crippen LogP contribution >= 0.6 is 0 Å². The maximum absolute atomic E-state index is 8.23. The summed E-state index contributed by atoms with van der Waals surface area (Å²) in [5.74, 6) is 0. The Kier molecular flexibility index (Phi) is 8.65. The quantitative estimate of drug-likeness (QED) is 0.361. The minimum Gasteiger partial charge on any atom is -0.252 e. The van der Waals surface area contributed by atoms with Gasteiger partial charge in [-0.3, -0.25) is 10.5 Å².